The number of ether oxygens (including phenoxy) is 2. The number of aryl methyl sites for hydroxylation is 2. The Kier molecular flexibility index (Phi) is 9.73. The van der Waals surface area contributed by atoms with E-state index in [1.807, 2.05) is 11.8 Å². The van der Waals surface area contributed by atoms with Crippen molar-refractivity contribution >= 4 is 21.8 Å². The van der Waals surface area contributed by atoms with Crippen LogP contribution in [-0.2, 0) is 24.3 Å². The summed E-state index contributed by atoms with van der Waals surface area (Å²) in [6, 6.07) is 3.19. The van der Waals surface area contributed by atoms with Crippen LogP contribution in [0.1, 0.15) is 37.3 Å². The van der Waals surface area contributed by atoms with Crippen molar-refractivity contribution in [3.8, 4) is 5.75 Å². The van der Waals surface area contributed by atoms with E-state index in [0.29, 0.717) is 30.0 Å². The number of nitrogens with one attached hydrogen (secondary N) is 1. The smallest absolute Gasteiger partial charge is 0.248 e. The third kappa shape index (κ3) is 6.76. The van der Waals surface area contributed by atoms with E-state index < -0.39 is 10.0 Å². The van der Waals surface area contributed by atoms with E-state index in [0.717, 1.165) is 32.4 Å². The molecular formula is C25H40N4O6S. The summed E-state index contributed by atoms with van der Waals surface area (Å²) in [6.07, 6.45) is 3.01. The number of likely N-dealkylation sites (N-methyl/N-ethyl adjacent to an activating group) is 1. The van der Waals surface area contributed by atoms with E-state index in [1.165, 1.54) is 7.11 Å². The molecule has 2 aliphatic heterocycles. The van der Waals surface area contributed by atoms with E-state index in [4.69, 9.17) is 9.47 Å². The van der Waals surface area contributed by atoms with Gasteiger partial charge in [0.25, 0.3) is 0 Å². The molecule has 10 nitrogen and oxygen atoms in total. The van der Waals surface area contributed by atoms with Crippen molar-refractivity contribution in [2.24, 2.45) is 0 Å². The highest BCUT2D eigenvalue weighted by Crippen LogP contribution is 2.25. The van der Waals surface area contributed by atoms with Gasteiger partial charge in [-0.15, -0.1) is 0 Å². The van der Waals surface area contributed by atoms with Crippen LogP contribution in [0.5, 0.6) is 5.75 Å². The number of carbonyl (C=O) groups is 2. The maximum atomic E-state index is 12.9. The van der Waals surface area contributed by atoms with E-state index in [-0.39, 0.29) is 48.6 Å². The van der Waals surface area contributed by atoms with Gasteiger partial charge in [-0.3, -0.25) is 14.5 Å². The fraction of sp³-hybridized carbons (Fsp3) is 0.680. The molecule has 2 amide bonds. The summed E-state index contributed by atoms with van der Waals surface area (Å²) in [5.74, 6) is 0.545. The van der Waals surface area contributed by atoms with Crippen LogP contribution in [-0.4, -0.2) is 107 Å². The normalized spacial score (nSPS) is 19.5. The number of amides is 2. The summed E-state index contributed by atoms with van der Waals surface area (Å²) in [4.78, 5) is 31.4. The van der Waals surface area contributed by atoms with Crippen LogP contribution in [0.2, 0.25) is 0 Å². The summed E-state index contributed by atoms with van der Waals surface area (Å²) in [5.41, 5.74) is 1.19. The maximum Gasteiger partial charge on any atom is 0.248 e. The Hall–Kier alpha value is -2.21. The summed E-state index contributed by atoms with van der Waals surface area (Å²) in [7, 11) is -0.461. The van der Waals surface area contributed by atoms with Gasteiger partial charge in [0, 0.05) is 26.7 Å². The third-order valence-corrected chi connectivity index (χ3v) is 8.93. The number of sulfonamides is 1. The average Bonchev–Trinajstić information content (AvgIpc) is 3.54. The molecule has 0 bridgehead atoms. The molecule has 11 heteroatoms. The number of rotatable bonds is 11. The molecule has 2 fully saturated rings. The Morgan fingerprint density at radius 1 is 1.17 bits per heavy atom. The van der Waals surface area contributed by atoms with Crippen LogP contribution in [0.4, 0.5) is 0 Å². The molecular weight excluding hydrogens is 484 g/mol. The Balaban J connectivity index is 1.41. The quantitative estimate of drug-likeness (QED) is 0.433. The molecule has 2 atom stereocenters. The third-order valence-electron chi connectivity index (χ3n) is 7.16. The molecule has 1 aromatic carbocycles. The lowest BCUT2D eigenvalue weighted by Crippen LogP contribution is -2.47. The molecule has 0 spiro atoms. The topological polar surface area (TPSA) is 108 Å². The molecule has 0 radical (unpaired) electrons. The Bertz CT molecular complexity index is 1020. The molecule has 2 saturated heterocycles. The van der Waals surface area contributed by atoms with Gasteiger partial charge in [0.2, 0.25) is 21.8 Å². The number of benzene rings is 1. The summed E-state index contributed by atoms with van der Waals surface area (Å²) in [5, 5.41) is 0. The van der Waals surface area contributed by atoms with Gasteiger partial charge in [-0.2, -0.15) is 0 Å². The van der Waals surface area contributed by atoms with Crippen molar-refractivity contribution in [3.63, 3.8) is 0 Å². The van der Waals surface area contributed by atoms with Gasteiger partial charge < -0.3 is 19.3 Å². The Morgan fingerprint density at radius 3 is 2.42 bits per heavy atom. The second kappa shape index (κ2) is 12.4. The van der Waals surface area contributed by atoms with Crippen LogP contribution in [0.15, 0.2) is 17.0 Å². The SMILES string of the molecule is COc1cc(C)c(S(=O)(=O)NCCOCC(=O)N(C)[C@H]2CCN(C(=O)C(C)N3CCCC3)C2)c(C)c1. The zero-order valence-electron chi connectivity index (χ0n) is 22.1. The molecule has 2 heterocycles. The number of hydrogen-bond donors (Lipinski definition) is 1. The number of hydrogen-bond acceptors (Lipinski definition) is 7. The molecule has 1 aromatic rings. The van der Waals surface area contributed by atoms with Crippen molar-refractivity contribution in [2.75, 3.05) is 60.1 Å². The van der Waals surface area contributed by atoms with Crippen molar-refractivity contribution in [1.29, 1.82) is 0 Å². The fourth-order valence-electron chi connectivity index (χ4n) is 5.04. The first kappa shape index (κ1) is 28.4. The number of likely N-dealkylation sites (tertiary alicyclic amines) is 2. The summed E-state index contributed by atoms with van der Waals surface area (Å²) in [6.45, 7) is 8.49. The van der Waals surface area contributed by atoms with Crippen molar-refractivity contribution in [3.05, 3.63) is 23.3 Å². The van der Waals surface area contributed by atoms with Crippen LogP contribution in [0.3, 0.4) is 0 Å². The zero-order valence-corrected chi connectivity index (χ0v) is 22.9. The number of nitrogens with zero attached hydrogens (tertiary/aromatic N) is 3. The molecule has 2 aliphatic rings. The van der Waals surface area contributed by atoms with E-state index >= 15 is 0 Å². The highest BCUT2D eigenvalue weighted by molar-refractivity contribution is 7.89. The lowest BCUT2D eigenvalue weighted by atomic mass is 10.1. The van der Waals surface area contributed by atoms with Gasteiger partial charge in [0.15, 0.2) is 0 Å². The highest BCUT2D eigenvalue weighted by Gasteiger charge is 2.35. The lowest BCUT2D eigenvalue weighted by Gasteiger charge is -2.29. The Labute approximate surface area is 214 Å². The predicted octanol–water partition coefficient (Wildman–Crippen LogP) is 1.15. The van der Waals surface area contributed by atoms with E-state index in [1.54, 1.807) is 37.9 Å². The van der Waals surface area contributed by atoms with Crippen LogP contribution in [0, 0.1) is 13.8 Å². The molecule has 1 unspecified atom stereocenters. The molecule has 0 saturated carbocycles. The summed E-state index contributed by atoms with van der Waals surface area (Å²) < 4.78 is 38.7. The first-order chi connectivity index (χ1) is 17.0. The predicted molar refractivity (Wildman–Crippen MR) is 136 cm³/mol. The minimum atomic E-state index is -3.73. The van der Waals surface area contributed by atoms with E-state index in [2.05, 4.69) is 9.62 Å². The molecule has 3 rings (SSSR count). The monoisotopic (exact) mass is 524 g/mol. The minimum absolute atomic E-state index is 0.0460. The minimum Gasteiger partial charge on any atom is -0.497 e. The highest BCUT2D eigenvalue weighted by atomic mass is 32.2. The molecule has 36 heavy (non-hydrogen) atoms. The maximum absolute atomic E-state index is 12.9. The molecule has 0 aromatic heterocycles. The lowest BCUT2D eigenvalue weighted by molar-refractivity contribution is -0.138. The number of methoxy groups -OCH3 is 1. The fourth-order valence-corrected chi connectivity index (χ4v) is 6.51. The summed E-state index contributed by atoms with van der Waals surface area (Å²) >= 11 is 0. The van der Waals surface area contributed by atoms with Crippen LogP contribution in [0.25, 0.3) is 0 Å². The second-order valence-electron chi connectivity index (χ2n) is 9.69. The van der Waals surface area contributed by atoms with Crippen LogP contribution >= 0.6 is 0 Å². The van der Waals surface area contributed by atoms with Gasteiger partial charge in [0.05, 0.1) is 30.7 Å². The van der Waals surface area contributed by atoms with Gasteiger partial charge in [-0.25, -0.2) is 13.1 Å². The largest absolute Gasteiger partial charge is 0.497 e. The molecule has 202 valence electrons. The average molecular weight is 525 g/mol. The molecule has 1 N–H and O–H groups in total. The van der Waals surface area contributed by atoms with Gasteiger partial charge in [0.1, 0.15) is 12.4 Å². The van der Waals surface area contributed by atoms with Crippen molar-refractivity contribution in [2.45, 2.75) is 57.0 Å². The van der Waals surface area contributed by atoms with Gasteiger partial charge in [-0.1, -0.05) is 0 Å². The van der Waals surface area contributed by atoms with E-state index in [9.17, 15) is 18.0 Å². The molecule has 0 aliphatic carbocycles. The standard InChI is InChI=1S/C25H40N4O6S/c1-18-14-22(34-5)15-19(2)24(18)36(32,33)26-9-13-35-17-23(30)27(4)21-8-12-29(16-21)25(31)20(3)28-10-6-7-11-28/h14-15,20-21,26H,6-13,16-17H2,1-5H3/t20?,21-/m0/s1. The first-order valence-corrected chi connectivity index (χ1v) is 14.0. The van der Waals surface area contributed by atoms with Gasteiger partial charge >= 0.3 is 0 Å². The zero-order chi connectivity index (χ0) is 26.5. The Morgan fingerprint density at radius 2 is 1.81 bits per heavy atom. The van der Waals surface area contributed by atoms with Gasteiger partial charge in [-0.05, 0) is 76.4 Å². The van der Waals surface area contributed by atoms with Crippen molar-refractivity contribution in [1.82, 2.24) is 19.4 Å². The second-order valence-corrected chi connectivity index (χ2v) is 11.4. The van der Waals surface area contributed by atoms with Crippen LogP contribution < -0.4 is 9.46 Å². The first-order valence-electron chi connectivity index (χ1n) is 12.6. The number of carbonyl (C=O) groups excluding carboxylic acids is 2. The van der Waals surface area contributed by atoms with Crippen molar-refractivity contribution < 1.29 is 27.5 Å².